The van der Waals surface area contributed by atoms with Gasteiger partial charge in [-0.25, -0.2) is 4.79 Å². The molecule has 1 aliphatic heterocycles. The van der Waals surface area contributed by atoms with Crippen molar-refractivity contribution in [3.63, 3.8) is 0 Å². The van der Waals surface area contributed by atoms with Gasteiger partial charge in [0.15, 0.2) is 0 Å². The molecule has 19 heavy (non-hydrogen) atoms. The second-order valence-corrected chi connectivity index (χ2v) is 5.26. The van der Waals surface area contributed by atoms with Crippen molar-refractivity contribution < 1.29 is 9.53 Å². The molecule has 0 bridgehead atoms. The van der Waals surface area contributed by atoms with Crippen molar-refractivity contribution in [2.75, 3.05) is 26.7 Å². The van der Waals surface area contributed by atoms with E-state index in [0.29, 0.717) is 18.1 Å². The number of hydrogen-bond acceptors (Lipinski definition) is 4. The van der Waals surface area contributed by atoms with Crippen LogP contribution in [-0.2, 0) is 4.74 Å². The fourth-order valence-corrected chi connectivity index (χ4v) is 2.71. The van der Waals surface area contributed by atoms with Crippen LogP contribution < -0.4 is 5.73 Å². The molecule has 1 heterocycles. The van der Waals surface area contributed by atoms with Crippen LogP contribution in [0.5, 0.6) is 0 Å². The van der Waals surface area contributed by atoms with E-state index < -0.39 is 0 Å². The minimum absolute atomic E-state index is 0.230. The van der Waals surface area contributed by atoms with Gasteiger partial charge in [-0.1, -0.05) is 12.1 Å². The maximum atomic E-state index is 11.6. The molecule has 1 fully saturated rings. The quantitative estimate of drug-likeness (QED) is 0.841. The number of carbonyl (C=O) groups excluding carboxylic acids is 1. The van der Waals surface area contributed by atoms with Gasteiger partial charge in [0.1, 0.15) is 0 Å². The third-order valence-electron chi connectivity index (χ3n) is 3.56. The third-order valence-corrected chi connectivity index (χ3v) is 3.56. The molecule has 1 saturated heterocycles. The van der Waals surface area contributed by atoms with Crippen LogP contribution in [0, 0.1) is 0 Å². The van der Waals surface area contributed by atoms with Crippen molar-refractivity contribution in [2.45, 2.75) is 25.3 Å². The van der Waals surface area contributed by atoms with Gasteiger partial charge in [0.05, 0.1) is 12.2 Å². The van der Waals surface area contributed by atoms with Crippen LogP contribution >= 0.6 is 0 Å². The smallest absolute Gasteiger partial charge is 0.338 e. The highest BCUT2D eigenvalue weighted by molar-refractivity contribution is 5.89. The summed E-state index contributed by atoms with van der Waals surface area (Å²) in [6.45, 7) is 4.19. The Morgan fingerprint density at radius 3 is 2.63 bits per heavy atom. The van der Waals surface area contributed by atoms with E-state index in [1.54, 1.807) is 0 Å². The molecule has 0 unspecified atom stereocenters. The van der Waals surface area contributed by atoms with Crippen LogP contribution in [0.15, 0.2) is 24.3 Å². The van der Waals surface area contributed by atoms with Crippen LogP contribution in [0.3, 0.4) is 0 Å². The summed E-state index contributed by atoms with van der Waals surface area (Å²) >= 11 is 0. The lowest BCUT2D eigenvalue weighted by atomic mass is 9.88. The lowest BCUT2D eigenvalue weighted by molar-refractivity contribution is 0.0526. The number of esters is 1. The summed E-state index contributed by atoms with van der Waals surface area (Å²) in [7, 11) is 2.10. The molecule has 0 radical (unpaired) electrons. The average molecular weight is 262 g/mol. The number of likely N-dealkylation sites (N-methyl/N-ethyl adjacent to an activating group) is 1. The summed E-state index contributed by atoms with van der Waals surface area (Å²) in [4.78, 5) is 13.8. The molecule has 0 spiro atoms. The minimum Gasteiger partial charge on any atom is -0.462 e. The summed E-state index contributed by atoms with van der Waals surface area (Å²) in [5.41, 5.74) is 7.91. The zero-order valence-corrected chi connectivity index (χ0v) is 11.6. The Morgan fingerprint density at radius 2 is 2.05 bits per heavy atom. The summed E-state index contributed by atoms with van der Waals surface area (Å²) in [5.74, 6) is 0.191. The lowest BCUT2D eigenvalue weighted by Gasteiger charge is -2.34. The number of hydrogen-bond donors (Lipinski definition) is 1. The van der Waals surface area contributed by atoms with Crippen molar-refractivity contribution in [3.05, 3.63) is 35.4 Å². The normalized spacial score (nSPS) is 24.2. The molecule has 2 atom stereocenters. The number of rotatable bonds is 3. The molecule has 0 saturated carbocycles. The monoisotopic (exact) mass is 262 g/mol. The highest BCUT2D eigenvalue weighted by Gasteiger charge is 2.24. The van der Waals surface area contributed by atoms with Crippen LogP contribution in [0.25, 0.3) is 0 Å². The first-order valence-electron chi connectivity index (χ1n) is 6.81. The van der Waals surface area contributed by atoms with Crippen LogP contribution in [0.4, 0.5) is 0 Å². The number of likely N-dealkylation sites (tertiary alicyclic amines) is 1. The Balaban J connectivity index is 2.07. The maximum Gasteiger partial charge on any atom is 0.338 e. The van der Waals surface area contributed by atoms with Crippen molar-refractivity contribution in [2.24, 2.45) is 5.73 Å². The Bertz CT molecular complexity index is 420. The minimum atomic E-state index is -0.258. The second kappa shape index (κ2) is 6.17. The third kappa shape index (κ3) is 3.55. The van der Waals surface area contributed by atoms with Crippen LogP contribution in [-0.4, -0.2) is 43.7 Å². The number of nitrogens with zero attached hydrogens (tertiary/aromatic N) is 1. The molecule has 0 aliphatic carbocycles. The Hall–Kier alpha value is -1.39. The van der Waals surface area contributed by atoms with Gasteiger partial charge in [0.2, 0.25) is 0 Å². The summed E-state index contributed by atoms with van der Waals surface area (Å²) in [6, 6.07) is 7.94. The first kappa shape index (κ1) is 14.0. The van der Waals surface area contributed by atoms with Gasteiger partial charge < -0.3 is 15.4 Å². The molecule has 1 aromatic rings. The molecule has 4 heteroatoms. The van der Waals surface area contributed by atoms with E-state index in [-0.39, 0.29) is 12.0 Å². The number of piperidine rings is 1. The van der Waals surface area contributed by atoms with Gasteiger partial charge in [-0.2, -0.15) is 0 Å². The van der Waals surface area contributed by atoms with E-state index in [4.69, 9.17) is 10.5 Å². The first-order chi connectivity index (χ1) is 9.10. The fourth-order valence-electron chi connectivity index (χ4n) is 2.71. The maximum absolute atomic E-state index is 11.6. The predicted molar refractivity (Wildman–Crippen MR) is 75.2 cm³/mol. The second-order valence-electron chi connectivity index (χ2n) is 5.26. The average Bonchev–Trinajstić information content (AvgIpc) is 2.38. The lowest BCUT2D eigenvalue weighted by Crippen LogP contribution is -2.44. The van der Waals surface area contributed by atoms with Crippen molar-refractivity contribution in [1.29, 1.82) is 0 Å². The first-order valence-corrected chi connectivity index (χ1v) is 6.81. The largest absolute Gasteiger partial charge is 0.462 e. The fraction of sp³-hybridized carbons (Fsp3) is 0.533. The Morgan fingerprint density at radius 1 is 1.37 bits per heavy atom. The van der Waals surface area contributed by atoms with E-state index in [1.807, 2.05) is 31.2 Å². The van der Waals surface area contributed by atoms with Gasteiger partial charge in [-0.3, -0.25) is 0 Å². The summed E-state index contributed by atoms with van der Waals surface area (Å²) in [6.07, 6.45) is 1.00. The van der Waals surface area contributed by atoms with Gasteiger partial charge in [0.25, 0.3) is 0 Å². The molecular weight excluding hydrogens is 240 g/mol. The SMILES string of the molecule is CCOC(=O)c1ccc([C@@H]2C[C@H](N)CN(C)C2)cc1. The Labute approximate surface area is 114 Å². The summed E-state index contributed by atoms with van der Waals surface area (Å²) < 4.78 is 4.98. The molecule has 2 rings (SSSR count). The highest BCUT2D eigenvalue weighted by Crippen LogP contribution is 2.26. The molecule has 1 aromatic carbocycles. The van der Waals surface area contributed by atoms with E-state index in [1.165, 1.54) is 5.56 Å². The predicted octanol–water partition coefficient (Wildman–Crippen LogP) is 1.61. The van der Waals surface area contributed by atoms with E-state index >= 15 is 0 Å². The molecule has 104 valence electrons. The van der Waals surface area contributed by atoms with Crippen molar-refractivity contribution >= 4 is 5.97 Å². The van der Waals surface area contributed by atoms with Crippen molar-refractivity contribution in [3.8, 4) is 0 Å². The summed E-state index contributed by atoms with van der Waals surface area (Å²) in [5, 5.41) is 0. The highest BCUT2D eigenvalue weighted by atomic mass is 16.5. The topological polar surface area (TPSA) is 55.6 Å². The number of benzene rings is 1. The van der Waals surface area contributed by atoms with Gasteiger partial charge >= 0.3 is 5.97 Å². The van der Waals surface area contributed by atoms with Crippen LogP contribution in [0.2, 0.25) is 0 Å². The van der Waals surface area contributed by atoms with Crippen molar-refractivity contribution in [1.82, 2.24) is 4.90 Å². The molecule has 0 amide bonds. The van der Waals surface area contributed by atoms with Crippen LogP contribution in [0.1, 0.15) is 35.2 Å². The number of ether oxygens (including phenoxy) is 1. The number of carbonyl (C=O) groups is 1. The standard InChI is InChI=1S/C15H22N2O2/c1-3-19-15(18)12-6-4-11(5-7-12)13-8-14(16)10-17(2)9-13/h4-7,13-14H,3,8-10,16H2,1-2H3/t13-,14+/m1/s1. The Kier molecular flexibility index (Phi) is 4.56. The van der Waals surface area contributed by atoms with E-state index in [9.17, 15) is 4.79 Å². The molecule has 0 aromatic heterocycles. The van der Waals surface area contributed by atoms with Gasteiger partial charge in [-0.15, -0.1) is 0 Å². The van der Waals surface area contributed by atoms with Gasteiger partial charge in [0, 0.05) is 19.1 Å². The van der Waals surface area contributed by atoms with E-state index in [2.05, 4.69) is 11.9 Å². The van der Waals surface area contributed by atoms with E-state index in [0.717, 1.165) is 19.5 Å². The zero-order chi connectivity index (χ0) is 13.8. The molecule has 4 nitrogen and oxygen atoms in total. The molecular formula is C15H22N2O2. The molecule has 1 aliphatic rings. The zero-order valence-electron chi connectivity index (χ0n) is 11.6. The van der Waals surface area contributed by atoms with Gasteiger partial charge in [-0.05, 0) is 44.0 Å². The number of nitrogens with two attached hydrogens (primary N) is 1. The molecule has 2 N–H and O–H groups in total.